The number of nitriles is 1. The van der Waals surface area contributed by atoms with Crippen molar-refractivity contribution in [3.05, 3.63) is 40.4 Å². The van der Waals surface area contributed by atoms with E-state index in [9.17, 15) is 10.3 Å². The smallest absolute Gasteiger partial charge is 0.474 e. The monoisotopic (exact) mass is 404 g/mol. The highest BCUT2D eigenvalue weighted by Gasteiger charge is 2.27. The number of rotatable bonds is 8. The van der Waals surface area contributed by atoms with Gasteiger partial charge in [-0.25, -0.2) is 0 Å². The van der Waals surface area contributed by atoms with Crippen molar-refractivity contribution >= 4 is 24.2 Å². The van der Waals surface area contributed by atoms with Crippen molar-refractivity contribution in [2.24, 2.45) is 0 Å². The maximum absolute atomic E-state index is 9.70. The number of hydrogen-bond donors (Lipinski definition) is 1. The van der Waals surface area contributed by atoms with Gasteiger partial charge in [-0.2, -0.15) is 10.2 Å². The van der Waals surface area contributed by atoms with Crippen molar-refractivity contribution in [2.45, 2.75) is 12.7 Å². The van der Waals surface area contributed by atoms with E-state index in [1.54, 1.807) is 25.3 Å². The third kappa shape index (κ3) is 4.55. The van der Waals surface area contributed by atoms with Crippen molar-refractivity contribution in [1.29, 1.82) is 5.26 Å². The van der Waals surface area contributed by atoms with Crippen LogP contribution in [0.2, 0.25) is 5.02 Å². The molecule has 2 aromatic rings. The first-order chi connectivity index (χ1) is 13.5. The SMILES string of the molecule is COCC(COc1nc(Oc2ccc3c(c2)COB3O)c(Cl)cc1C#N)OC. The molecule has 0 saturated carbocycles. The highest BCUT2D eigenvalue weighted by atomic mass is 35.5. The molecular weight excluding hydrogens is 386 g/mol. The first-order valence-electron chi connectivity index (χ1n) is 8.41. The van der Waals surface area contributed by atoms with Gasteiger partial charge in [0.1, 0.15) is 35.1 Å². The van der Waals surface area contributed by atoms with Crippen LogP contribution >= 0.6 is 11.6 Å². The molecule has 1 aromatic heterocycles. The lowest BCUT2D eigenvalue weighted by atomic mass is 9.80. The number of fused-ring (bicyclic) bond motifs is 1. The van der Waals surface area contributed by atoms with E-state index < -0.39 is 7.12 Å². The van der Waals surface area contributed by atoms with Gasteiger partial charge in [-0.05, 0) is 29.2 Å². The van der Waals surface area contributed by atoms with Crippen molar-refractivity contribution in [3.8, 4) is 23.6 Å². The van der Waals surface area contributed by atoms with Crippen LogP contribution in [-0.2, 0) is 20.7 Å². The first kappa shape index (κ1) is 20.4. The molecule has 146 valence electrons. The van der Waals surface area contributed by atoms with Crippen LogP contribution in [0.5, 0.6) is 17.5 Å². The van der Waals surface area contributed by atoms with Crippen LogP contribution in [0.1, 0.15) is 11.1 Å². The second-order valence-electron chi connectivity index (χ2n) is 5.99. The fraction of sp³-hybridized carbons (Fsp3) is 0.333. The molecule has 2 heterocycles. The van der Waals surface area contributed by atoms with Crippen LogP contribution < -0.4 is 14.9 Å². The van der Waals surface area contributed by atoms with Crippen molar-refractivity contribution in [2.75, 3.05) is 27.4 Å². The van der Waals surface area contributed by atoms with Crippen LogP contribution in [0.15, 0.2) is 24.3 Å². The maximum atomic E-state index is 9.70. The zero-order valence-corrected chi connectivity index (χ0v) is 16.1. The highest BCUT2D eigenvalue weighted by Crippen LogP contribution is 2.32. The summed E-state index contributed by atoms with van der Waals surface area (Å²) in [4.78, 5) is 4.24. The van der Waals surface area contributed by atoms with Crippen LogP contribution in [0.3, 0.4) is 0 Å². The predicted molar refractivity (Wildman–Crippen MR) is 101 cm³/mol. The summed E-state index contributed by atoms with van der Waals surface area (Å²) >= 11 is 6.21. The Morgan fingerprint density at radius 2 is 2.14 bits per heavy atom. The zero-order valence-electron chi connectivity index (χ0n) is 15.3. The molecule has 10 heteroatoms. The normalized spacial score (nSPS) is 13.8. The molecule has 1 atom stereocenters. The minimum absolute atomic E-state index is 0.0833. The van der Waals surface area contributed by atoms with E-state index in [0.29, 0.717) is 17.8 Å². The first-order valence-corrected chi connectivity index (χ1v) is 8.79. The summed E-state index contributed by atoms with van der Waals surface area (Å²) < 4.78 is 26.8. The molecule has 0 aliphatic carbocycles. The van der Waals surface area contributed by atoms with Gasteiger partial charge >= 0.3 is 7.12 Å². The number of aromatic nitrogens is 1. The molecule has 1 aliphatic rings. The molecule has 1 aromatic carbocycles. The topological polar surface area (TPSA) is 103 Å². The van der Waals surface area contributed by atoms with E-state index in [1.165, 1.54) is 13.2 Å². The van der Waals surface area contributed by atoms with E-state index >= 15 is 0 Å². The largest absolute Gasteiger partial charge is 0.491 e. The Bertz CT molecular complexity index is 891. The summed E-state index contributed by atoms with van der Waals surface area (Å²) in [6.45, 7) is 0.758. The fourth-order valence-electron chi connectivity index (χ4n) is 2.64. The quantitative estimate of drug-likeness (QED) is 0.663. The second-order valence-corrected chi connectivity index (χ2v) is 6.40. The number of methoxy groups -OCH3 is 2. The summed E-state index contributed by atoms with van der Waals surface area (Å²) in [5.41, 5.74) is 1.68. The molecule has 1 aliphatic heterocycles. The molecule has 0 fully saturated rings. The summed E-state index contributed by atoms with van der Waals surface area (Å²) in [5.74, 6) is 0.645. The van der Waals surface area contributed by atoms with Gasteiger partial charge < -0.3 is 28.6 Å². The molecule has 1 unspecified atom stereocenters. The van der Waals surface area contributed by atoms with Crippen LogP contribution in [0.4, 0.5) is 0 Å². The maximum Gasteiger partial charge on any atom is 0.491 e. The van der Waals surface area contributed by atoms with Crippen molar-refractivity contribution < 1.29 is 28.6 Å². The lowest BCUT2D eigenvalue weighted by Gasteiger charge is -2.16. The Balaban J connectivity index is 1.80. The molecule has 0 bridgehead atoms. The second kappa shape index (κ2) is 9.23. The van der Waals surface area contributed by atoms with Crippen LogP contribution in [0, 0.1) is 11.3 Å². The minimum Gasteiger partial charge on any atom is -0.474 e. The summed E-state index contributed by atoms with van der Waals surface area (Å²) in [6, 6.07) is 8.55. The van der Waals surface area contributed by atoms with Gasteiger partial charge in [-0.1, -0.05) is 17.7 Å². The summed E-state index contributed by atoms with van der Waals surface area (Å²) in [5, 5.41) is 19.2. The van der Waals surface area contributed by atoms with E-state index in [1.807, 2.05) is 6.07 Å². The Morgan fingerprint density at radius 1 is 1.32 bits per heavy atom. The lowest BCUT2D eigenvalue weighted by molar-refractivity contribution is -0.000173. The lowest BCUT2D eigenvalue weighted by Crippen LogP contribution is -2.27. The highest BCUT2D eigenvalue weighted by molar-refractivity contribution is 6.61. The number of hydrogen-bond acceptors (Lipinski definition) is 8. The predicted octanol–water partition coefficient (Wildman–Crippen LogP) is 1.66. The number of nitrogens with zero attached hydrogens (tertiary/aromatic N) is 2. The average Bonchev–Trinajstić information content (AvgIpc) is 3.07. The van der Waals surface area contributed by atoms with Gasteiger partial charge in [0.25, 0.3) is 0 Å². The molecule has 0 amide bonds. The zero-order chi connectivity index (χ0) is 20.1. The standard InChI is InChI=1S/C18H18BClN2O6/c1-24-9-14(25-2)10-26-17-11(7-21)6-16(20)18(22-17)28-13-3-4-15-12(5-13)8-27-19(15)23/h3-6,14,23H,8-10H2,1-2H3. The molecule has 0 spiro atoms. The molecule has 8 nitrogen and oxygen atoms in total. The number of halogens is 1. The Hall–Kier alpha value is -2.35. The molecule has 3 rings (SSSR count). The van der Waals surface area contributed by atoms with Gasteiger partial charge in [0, 0.05) is 14.2 Å². The van der Waals surface area contributed by atoms with Gasteiger partial charge in [-0.3, -0.25) is 0 Å². The van der Waals surface area contributed by atoms with Crippen LogP contribution in [-0.4, -0.2) is 50.7 Å². The van der Waals surface area contributed by atoms with Gasteiger partial charge in [-0.15, -0.1) is 0 Å². The molecule has 28 heavy (non-hydrogen) atoms. The van der Waals surface area contributed by atoms with E-state index in [2.05, 4.69) is 4.98 Å². The van der Waals surface area contributed by atoms with E-state index in [4.69, 9.17) is 35.2 Å². The third-order valence-corrected chi connectivity index (χ3v) is 4.38. The number of ether oxygens (including phenoxy) is 4. The van der Waals surface area contributed by atoms with Gasteiger partial charge in [0.2, 0.25) is 11.8 Å². The number of pyridine rings is 1. The number of benzene rings is 1. The minimum atomic E-state index is -0.929. The Kier molecular flexibility index (Phi) is 6.72. The van der Waals surface area contributed by atoms with Crippen molar-refractivity contribution in [3.63, 3.8) is 0 Å². The van der Waals surface area contributed by atoms with E-state index in [-0.39, 0.29) is 41.7 Å². The average molecular weight is 405 g/mol. The van der Waals surface area contributed by atoms with E-state index in [0.717, 1.165) is 5.56 Å². The van der Waals surface area contributed by atoms with Gasteiger partial charge in [0.15, 0.2) is 0 Å². The Morgan fingerprint density at radius 3 is 2.86 bits per heavy atom. The molecule has 1 N–H and O–H groups in total. The molecule has 0 radical (unpaired) electrons. The summed E-state index contributed by atoms with van der Waals surface area (Å²) in [7, 11) is 2.16. The third-order valence-electron chi connectivity index (χ3n) is 4.11. The van der Waals surface area contributed by atoms with Crippen molar-refractivity contribution in [1.82, 2.24) is 4.98 Å². The fourth-order valence-corrected chi connectivity index (χ4v) is 2.83. The summed E-state index contributed by atoms with van der Waals surface area (Å²) in [6.07, 6.45) is -0.318. The van der Waals surface area contributed by atoms with Crippen LogP contribution in [0.25, 0.3) is 0 Å². The molecule has 0 saturated heterocycles. The Labute approximate surface area is 167 Å². The van der Waals surface area contributed by atoms with Gasteiger partial charge in [0.05, 0.1) is 13.2 Å². The molecular formula is C18H18BClN2O6.